The van der Waals surface area contributed by atoms with Gasteiger partial charge in [0.1, 0.15) is 0 Å². The van der Waals surface area contributed by atoms with E-state index in [9.17, 15) is 0 Å². The molecule has 1 heteroatoms. The number of benzene rings is 1. The zero-order valence-electron chi connectivity index (χ0n) is 12.0. The van der Waals surface area contributed by atoms with Gasteiger partial charge in [-0.05, 0) is 0 Å². The second-order valence-corrected chi connectivity index (χ2v) is 6.03. The summed E-state index contributed by atoms with van der Waals surface area (Å²) in [5.74, 6) is 1.22. The Hall–Kier alpha value is -0.443. The van der Waals surface area contributed by atoms with E-state index in [4.69, 9.17) is 0 Å². The van der Waals surface area contributed by atoms with Crippen molar-refractivity contribution in [1.29, 1.82) is 0 Å². The number of fused-ring (bicyclic) bond motifs is 1. The molecule has 1 aromatic rings. The molecule has 1 aromatic carbocycles. The fourth-order valence-electron chi connectivity index (χ4n) is 2.66. The molecule has 0 N–H and O–H groups in total. The van der Waals surface area contributed by atoms with Gasteiger partial charge in [0, 0.05) is 0 Å². The van der Waals surface area contributed by atoms with Crippen LogP contribution in [-0.2, 0) is 0 Å². The van der Waals surface area contributed by atoms with Crippen LogP contribution in [0.4, 0.5) is 0 Å². The Morgan fingerprint density at radius 1 is 1.06 bits per heavy atom. The van der Waals surface area contributed by atoms with Crippen LogP contribution in [0.3, 0.4) is 0 Å². The fourth-order valence-corrected chi connectivity index (χ4v) is 2.66. The molecular formula is C16H21Li. The van der Waals surface area contributed by atoms with Gasteiger partial charge in [-0.1, -0.05) is 0 Å². The third kappa shape index (κ3) is 2.26. The van der Waals surface area contributed by atoms with Crippen LogP contribution in [0.5, 0.6) is 0 Å². The first-order valence-electron chi connectivity index (χ1n) is 6.77. The molecule has 0 aliphatic heterocycles. The van der Waals surface area contributed by atoms with Crippen molar-refractivity contribution >= 4 is 23.8 Å². The van der Waals surface area contributed by atoms with Crippen molar-refractivity contribution in [2.24, 2.45) is 0 Å². The average Bonchev–Trinajstić information content (AvgIpc) is 2.54. The molecule has 17 heavy (non-hydrogen) atoms. The van der Waals surface area contributed by atoms with Gasteiger partial charge in [-0.15, -0.1) is 0 Å². The van der Waals surface area contributed by atoms with E-state index in [1.165, 1.54) is 27.8 Å². The molecule has 0 heterocycles. The second kappa shape index (κ2) is 4.67. The van der Waals surface area contributed by atoms with Crippen molar-refractivity contribution in [2.75, 3.05) is 0 Å². The van der Waals surface area contributed by atoms with Crippen LogP contribution < -0.4 is 0 Å². The molecule has 1 atom stereocenters. The number of rotatable bonds is 2. The standard InChI is InChI=1S/C16H21.Li/c1-10(2)13-8-14-6-12(5)7-16(14)15(9-13)11(3)4;/h6-11H,1-5H3;. The van der Waals surface area contributed by atoms with Crippen LogP contribution in [0.15, 0.2) is 17.7 Å². The normalized spacial score (nSPS) is 18.9. The van der Waals surface area contributed by atoms with E-state index in [0.29, 0.717) is 16.4 Å². The minimum atomic E-state index is 0.598. The molecule has 0 bridgehead atoms. The molecule has 1 aliphatic carbocycles. The van der Waals surface area contributed by atoms with E-state index in [1.54, 1.807) is 0 Å². The van der Waals surface area contributed by atoms with Crippen LogP contribution in [0, 0.1) is 0 Å². The van der Waals surface area contributed by atoms with Gasteiger partial charge in [-0.3, -0.25) is 0 Å². The van der Waals surface area contributed by atoms with Gasteiger partial charge < -0.3 is 0 Å². The zero-order valence-corrected chi connectivity index (χ0v) is 12.0. The summed E-state index contributed by atoms with van der Waals surface area (Å²) in [5.41, 5.74) is 7.55. The van der Waals surface area contributed by atoms with Crippen LogP contribution in [0.25, 0.3) is 6.08 Å². The van der Waals surface area contributed by atoms with Gasteiger partial charge in [0.25, 0.3) is 0 Å². The predicted molar refractivity (Wildman–Crippen MR) is 76.8 cm³/mol. The van der Waals surface area contributed by atoms with Crippen molar-refractivity contribution in [3.63, 3.8) is 0 Å². The Morgan fingerprint density at radius 3 is 2.24 bits per heavy atom. The SMILES string of the molecule is [Li][CH]1C(C)=Cc2c(C(C)C)cc(C(C)C)cc21. The van der Waals surface area contributed by atoms with E-state index in [0.717, 1.165) is 0 Å². The molecule has 0 spiro atoms. The van der Waals surface area contributed by atoms with E-state index in [1.807, 2.05) is 0 Å². The van der Waals surface area contributed by atoms with Crippen molar-refractivity contribution in [3.05, 3.63) is 40.0 Å². The summed E-state index contributed by atoms with van der Waals surface area (Å²) < 4.78 is 0.598. The van der Waals surface area contributed by atoms with E-state index in [2.05, 4.69) is 70.5 Å². The molecular weight excluding hydrogens is 199 g/mol. The zero-order chi connectivity index (χ0) is 12.7. The average molecular weight is 220 g/mol. The van der Waals surface area contributed by atoms with Crippen molar-refractivity contribution in [2.45, 2.75) is 51.0 Å². The number of hydrogen-bond acceptors (Lipinski definition) is 0. The molecule has 0 nitrogen and oxygen atoms in total. The third-order valence-corrected chi connectivity index (χ3v) is 4.08. The topological polar surface area (TPSA) is 0 Å². The van der Waals surface area contributed by atoms with Crippen molar-refractivity contribution < 1.29 is 0 Å². The molecule has 0 aromatic heterocycles. The second-order valence-electron chi connectivity index (χ2n) is 6.03. The van der Waals surface area contributed by atoms with Crippen molar-refractivity contribution in [3.8, 4) is 0 Å². The molecule has 0 amide bonds. The van der Waals surface area contributed by atoms with Gasteiger partial charge >= 0.3 is 115 Å². The summed E-state index contributed by atoms with van der Waals surface area (Å²) in [6, 6.07) is 4.83. The van der Waals surface area contributed by atoms with Crippen LogP contribution in [0.2, 0.25) is 0 Å². The fraction of sp³-hybridized carbons (Fsp3) is 0.500. The molecule has 0 fully saturated rings. The maximum absolute atomic E-state index is 2.42. The molecule has 86 valence electrons. The van der Waals surface area contributed by atoms with Crippen molar-refractivity contribution in [1.82, 2.24) is 0 Å². The predicted octanol–water partition coefficient (Wildman–Crippen LogP) is 4.56. The molecule has 0 saturated carbocycles. The molecule has 1 aliphatic rings. The third-order valence-electron chi connectivity index (χ3n) is 4.08. The monoisotopic (exact) mass is 220 g/mol. The Morgan fingerprint density at radius 2 is 1.71 bits per heavy atom. The summed E-state index contributed by atoms with van der Waals surface area (Å²) in [5, 5.41) is 0. The summed E-state index contributed by atoms with van der Waals surface area (Å²) in [4.78, 5) is 0. The van der Waals surface area contributed by atoms with E-state index in [-0.39, 0.29) is 0 Å². The Bertz CT molecular complexity index is 467. The van der Waals surface area contributed by atoms with E-state index < -0.39 is 0 Å². The van der Waals surface area contributed by atoms with Crippen LogP contribution in [-0.4, -0.2) is 17.7 Å². The van der Waals surface area contributed by atoms with Gasteiger partial charge in [-0.2, -0.15) is 0 Å². The summed E-state index contributed by atoms with van der Waals surface area (Å²) in [6.45, 7) is 11.4. The maximum atomic E-state index is 2.42. The van der Waals surface area contributed by atoms with Crippen LogP contribution >= 0.6 is 0 Å². The molecule has 0 saturated heterocycles. The molecule has 0 radical (unpaired) electrons. The first kappa shape index (κ1) is 13.0. The van der Waals surface area contributed by atoms with Gasteiger partial charge in [0.2, 0.25) is 0 Å². The Balaban J connectivity index is 2.63. The first-order chi connectivity index (χ1) is 7.91. The molecule has 2 rings (SSSR count). The van der Waals surface area contributed by atoms with E-state index >= 15 is 0 Å². The number of allylic oxidation sites excluding steroid dienone is 1. The van der Waals surface area contributed by atoms with Gasteiger partial charge in [0.05, 0.1) is 0 Å². The number of hydrogen-bond donors (Lipinski definition) is 0. The van der Waals surface area contributed by atoms with Crippen LogP contribution in [0.1, 0.15) is 73.3 Å². The summed E-state index contributed by atoms with van der Waals surface area (Å²) >= 11 is 2.33. The Labute approximate surface area is 115 Å². The molecule has 1 unspecified atom stereocenters. The Kier molecular flexibility index (Phi) is 3.57. The first-order valence-corrected chi connectivity index (χ1v) is 6.77. The summed E-state index contributed by atoms with van der Waals surface area (Å²) in [7, 11) is 0. The summed E-state index contributed by atoms with van der Waals surface area (Å²) in [6.07, 6.45) is 2.39. The quantitative estimate of drug-likeness (QED) is 0.641. The van der Waals surface area contributed by atoms with Gasteiger partial charge in [-0.25, -0.2) is 0 Å². The van der Waals surface area contributed by atoms with Gasteiger partial charge in [0.15, 0.2) is 0 Å². The minimum absolute atomic E-state index is 0.598.